The van der Waals surface area contributed by atoms with Gasteiger partial charge in [0.2, 0.25) is 5.91 Å². The number of carbonyl (C=O) groups is 2. The standard InChI is InChI=1S/C17H20N6O2S/c1-9(2)18-16(25)21-15(24)10(3)26-17-20-13-8-6-5-7-12(13)14-19-11(4)22-23(14)17/h5-10H,1-4H3,(H2,18,21,24,25)/t10-/m0/s1. The second kappa shape index (κ2) is 7.28. The molecule has 1 aromatic carbocycles. The van der Waals surface area contributed by atoms with Crippen LogP contribution in [0.15, 0.2) is 29.4 Å². The van der Waals surface area contributed by atoms with Gasteiger partial charge < -0.3 is 5.32 Å². The summed E-state index contributed by atoms with van der Waals surface area (Å²) in [6.45, 7) is 7.17. The second-order valence-corrected chi connectivity index (χ2v) is 7.49. The number of hydrogen-bond acceptors (Lipinski definition) is 6. The van der Waals surface area contributed by atoms with Gasteiger partial charge in [-0.25, -0.2) is 14.8 Å². The van der Waals surface area contributed by atoms with Crippen molar-refractivity contribution in [3.05, 3.63) is 30.1 Å². The number of carbonyl (C=O) groups excluding carboxylic acids is 2. The van der Waals surface area contributed by atoms with Crippen LogP contribution in [0.2, 0.25) is 0 Å². The Hall–Kier alpha value is -2.68. The van der Waals surface area contributed by atoms with Crippen molar-refractivity contribution in [1.29, 1.82) is 0 Å². The highest BCUT2D eigenvalue weighted by molar-refractivity contribution is 8.00. The fourth-order valence-electron chi connectivity index (χ4n) is 2.43. The van der Waals surface area contributed by atoms with Crippen LogP contribution >= 0.6 is 11.8 Å². The lowest BCUT2D eigenvalue weighted by atomic mass is 10.2. The first-order valence-corrected chi connectivity index (χ1v) is 9.13. The van der Waals surface area contributed by atoms with Gasteiger partial charge in [0.05, 0.1) is 10.8 Å². The smallest absolute Gasteiger partial charge is 0.321 e. The van der Waals surface area contributed by atoms with Crippen LogP contribution in [-0.4, -0.2) is 42.8 Å². The van der Waals surface area contributed by atoms with Gasteiger partial charge in [-0.05, 0) is 39.8 Å². The molecule has 0 fully saturated rings. The maximum Gasteiger partial charge on any atom is 0.321 e. The number of fused-ring (bicyclic) bond motifs is 3. The molecule has 26 heavy (non-hydrogen) atoms. The molecular weight excluding hydrogens is 352 g/mol. The van der Waals surface area contributed by atoms with E-state index in [1.165, 1.54) is 11.8 Å². The average Bonchev–Trinajstić information content (AvgIpc) is 2.96. The Morgan fingerprint density at radius 2 is 1.88 bits per heavy atom. The number of urea groups is 1. The second-order valence-electron chi connectivity index (χ2n) is 6.18. The molecule has 0 unspecified atom stereocenters. The van der Waals surface area contributed by atoms with Crippen molar-refractivity contribution >= 4 is 40.3 Å². The van der Waals surface area contributed by atoms with E-state index < -0.39 is 17.2 Å². The number of hydrogen-bond donors (Lipinski definition) is 2. The molecular formula is C17H20N6O2S. The van der Waals surface area contributed by atoms with Crippen LogP contribution in [-0.2, 0) is 4.79 Å². The van der Waals surface area contributed by atoms with Gasteiger partial charge >= 0.3 is 6.03 Å². The van der Waals surface area contributed by atoms with E-state index in [1.807, 2.05) is 45.0 Å². The molecule has 2 N–H and O–H groups in total. The number of benzene rings is 1. The maximum atomic E-state index is 12.3. The van der Waals surface area contributed by atoms with E-state index >= 15 is 0 Å². The minimum absolute atomic E-state index is 0.0503. The van der Waals surface area contributed by atoms with Crippen molar-refractivity contribution in [1.82, 2.24) is 30.2 Å². The van der Waals surface area contributed by atoms with Crippen LogP contribution < -0.4 is 10.6 Å². The van der Waals surface area contributed by atoms with E-state index in [4.69, 9.17) is 0 Å². The first-order chi connectivity index (χ1) is 12.3. The SMILES string of the molecule is Cc1nc2c3ccccc3nc(S[C@@H](C)C(=O)NC(=O)NC(C)C)n2n1. The summed E-state index contributed by atoms with van der Waals surface area (Å²) < 4.78 is 1.64. The van der Waals surface area contributed by atoms with E-state index in [-0.39, 0.29) is 6.04 Å². The predicted octanol–water partition coefficient (Wildman–Crippen LogP) is 2.30. The summed E-state index contributed by atoms with van der Waals surface area (Å²) in [6, 6.07) is 7.09. The average molecular weight is 372 g/mol. The van der Waals surface area contributed by atoms with Crippen LogP contribution in [0.5, 0.6) is 0 Å². The molecule has 0 bridgehead atoms. The molecule has 0 aliphatic rings. The largest absolute Gasteiger partial charge is 0.336 e. The molecule has 3 aromatic rings. The van der Waals surface area contributed by atoms with Gasteiger partial charge in [0.1, 0.15) is 5.82 Å². The maximum absolute atomic E-state index is 12.3. The highest BCUT2D eigenvalue weighted by Gasteiger charge is 2.21. The van der Waals surface area contributed by atoms with Gasteiger partial charge in [-0.15, -0.1) is 5.10 Å². The van der Waals surface area contributed by atoms with E-state index in [0.717, 1.165) is 10.9 Å². The van der Waals surface area contributed by atoms with Gasteiger partial charge in [-0.1, -0.05) is 23.9 Å². The molecule has 3 rings (SSSR count). The molecule has 0 radical (unpaired) electrons. The number of thioether (sulfide) groups is 1. The van der Waals surface area contributed by atoms with Crippen LogP contribution in [0.3, 0.4) is 0 Å². The quantitative estimate of drug-likeness (QED) is 0.538. The predicted molar refractivity (Wildman–Crippen MR) is 100 cm³/mol. The molecule has 2 aromatic heterocycles. The van der Waals surface area contributed by atoms with Gasteiger partial charge in [0.15, 0.2) is 10.8 Å². The first kappa shape index (κ1) is 18.1. The Morgan fingerprint density at radius 1 is 1.15 bits per heavy atom. The number of aryl methyl sites for hydroxylation is 1. The Morgan fingerprint density at radius 3 is 2.62 bits per heavy atom. The van der Waals surface area contributed by atoms with Crippen molar-refractivity contribution in [2.45, 2.75) is 44.1 Å². The lowest BCUT2D eigenvalue weighted by Gasteiger charge is -2.13. The fraction of sp³-hybridized carbons (Fsp3) is 0.353. The van der Waals surface area contributed by atoms with Crippen molar-refractivity contribution in [3.63, 3.8) is 0 Å². The molecule has 0 saturated carbocycles. The molecule has 9 heteroatoms. The Kier molecular flexibility index (Phi) is 5.08. The van der Waals surface area contributed by atoms with Crippen molar-refractivity contribution < 1.29 is 9.59 Å². The third-order valence-corrected chi connectivity index (χ3v) is 4.61. The molecule has 0 spiro atoms. The van der Waals surface area contributed by atoms with Crippen LogP contribution in [0.25, 0.3) is 16.6 Å². The number of nitrogens with one attached hydrogen (secondary N) is 2. The number of imide groups is 1. The normalized spacial score (nSPS) is 12.5. The summed E-state index contributed by atoms with van der Waals surface area (Å²) >= 11 is 1.23. The van der Waals surface area contributed by atoms with E-state index in [0.29, 0.717) is 16.6 Å². The number of nitrogens with zero attached hydrogens (tertiary/aromatic N) is 4. The Balaban J connectivity index is 1.87. The summed E-state index contributed by atoms with van der Waals surface area (Å²) in [6.07, 6.45) is 0. The molecule has 8 nitrogen and oxygen atoms in total. The van der Waals surface area contributed by atoms with Crippen LogP contribution in [0.4, 0.5) is 4.79 Å². The third-order valence-electron chi connectivity index (χ3n) is 3.56. The number of amides is 3. The highest BCUT2D eigenvalue weighted by atomic mass is 32.2. The van der Waals surface area contributed by atoms with Crippen LogP contribution in [0.1, 0.15) is 26.6 Å². The first-order valence-electron chi connectivity index (χ1n) is 8.25. The number of para-hydroxylation sites is 1. The summed E-state index contributed by atoms with van der Waals surface area (Å²) in [7, 11) is 0. The van der Waals surface area contributed by atoms with Crippen molar-refractivity contribution in [2.24, 2.45) is 0 Å². The van der Waals surface area contributed by atoms with Crippen molar-refractivity contribution in [3.8, 4) is 0 Å². The van der Waals surface area contributed by atoms with Crippen molar-refractivity contribution in [2.75, 3.05) is 0 Å². The molecule has 0 aliphatic carbocycles. The van der Waals surface area contributed by atoms with E-state index in [9.17, 15) is 9.59 Å². The van der Waals surface area contributed by atoms with Gasteiger partial charge in [-0.3, -0.25) is 10.1 Å². The van der Waals surface area contributed by atoms with Gasteiger partial charge in [0.25, 0.3) is 0 Å². The van der Waals surface area contributed by atoms with Crippen LogP contribution in [0, 0.1) is 6.92 Å². The third kappa shape index (κ3) is 3.77. The zero-order chi connectivity index (χ0) is 18.8. The Labute approximate surface area is 154 Å². The zero-order valence-corrected chi connectivity index (χ0v) is 15.8. The highest BCUT2D eigenvalue weighted by Crippen LogP contribution is 2.26. The van der Waals surface area contributed by atoms with E-state index in [2.05, 4.69) is 25.7 Å². The summed E-state index contributed by atoms with van der Waals surface area (Å²) in [5, 5.41) is 10.3. The zero-order valence-electron chi connectivity index (χ0n) is 15.0. The molecule has 1 atom stereocenters. The molecule has 0 aliphatic heterocycles. The fourth-order valence-corrected chi connectivity index (χ4v) is 3.29. The number of rotatable bonds is 4. The topological polar surface area (TPSA) is 101 Å². The number of aromatic nitrogens is 4. The minimum atomic E-state index is -0.533. The Bertz CT molecular complexity index is 984. The minimum Gasteiger partial charge on any atom is -0.336 e. The summed E-state index contributed by atoms with van der Waals surface area (Å²) in [5.74, 6) is 0.228. The molecule has 3 amide bonds. The van der Waals surface area contributed by atoms with Gasteiger partial charge in [-0.2, -0.15) is 4.52 Å². The van der Waals surface area contributed by atoms with Gasteiger partial charge in [0, 0.05) is 11.4 Å². The monoisotopic (exact) mass is 372 g/mol. The lowest BCUT2D eigenvalue weighted by Crippen LogP contribution is -2.45. The summed E-state index contributed by atoms with van der Waals surface area (Å²) in [5.41, 5.74) is 1.47. The molecule has 136 valence electrons. The summed E-state index contributed by atoms with van der Waals surface area (Å²) in [4.78, 5) is 33.1. The lowest BCUT2D eigenvalue weighted by molar-refractivity contribution is -0.119. The molecule has 2 heterocycles. The van der Waals surface area contributed by atoms with E-state index in [1.54, 1.807) is 11.4 Å². The molecule has 0 saturated heterocycles.